The van der Waals surface area contributed by atoms with Gasteiger partial charge in [-0.2, -0.15) is 11.8 Å². The first kappa shape index (κ1) is 12.4. The minimum Gasteiger partial charge on any atom is -0.313 e. The summed E-state index contributed by atoms with van der Waals surface area (Å²) in [5, 5.41) is 4.58. The number of aromatic nitrogens is 1. The summed E-state index contributed by atoms with van der Waals surface area (Å²) >= 11 is 1.88. The maximum absolute atomic E-state index is 4.51. The average Bonchev–Trinajstić information content (AvgIpc) is 2.39. The van der Waals surface area contributed by atoms with Crippen molar-refractivity contribution in [2.24, 2.45) is 0 Å². The Balaban J connectivity index is 2.27. The highest BCUT2D eigenvalue weighted by Gasteiger charge is 2.09. The summed E-state index contributed by atoms with van der Waals surface area (Å²) in [6.45, 7) is 0. The summed E-state index contributed by atoms with van der Waals surface area (Å²) in [6.07, 6.45) is 5.27. The van der Waals surface area contributed by atoms with E-state index in [-0.39, 0.29) is 0 Å². The molecular weight excluding hydrogens is 228 g/mol. The van der Waals surface area contributed by atoms with Gasteiger partial charge in [-0.1, -0.05) is 18.2 Å². The van der Waals surface area contributed by atoms with E-state index in [0.29, 0.717) is 6.04 Å². The molecule has 0 spiro atoms. The van der Waals surface area contributed by atoms with E-state index in [9.17, 15) is 0 Å². The molecule has 1 atom stereocenters. The Morgan fingerprint density at radius 3 is 2.94 bits per heavy atom. The van der Waals surface area contributed by atoms with Crippen LogP contribution in [0.2, 0.25) is 0 Å². The number of hydrogen-bond donors (Lipinski definition) is 1. The van der Waals surface area contributed by atoms with Gasteiger partial charge in [0, 0.05) is 17.6 Å². The second-order valence-corrected chi connectivity index (χ2v) is 5.07. The molecule has 3 heteroatoms. The molecule has 2 aromatic rings. The first-order valence-corrected chi connectivity index (χ1v) is 7.25. The van der Waals surface area contributed by atoms with Crippen LogP contribution in [0.4, 0.5) is 0 Å². The fraction of sp³-hybridized carbons (Fsp3) is 0.357. The van der Waals surface area contributed by atoms with Crippen LogP contribution in [0, 0.1) is 0 Å². The zero-order valence-corrected chi connectivity index (χ0v) is 11.1. The smallest absolute Gasteiger partial charge is 0.0702 e. The van der Waals surface area contributed by atoms with Crippen LogP contribution in [0.5, 0.6) is 0 Å². The van der Waals surface area contributed by atoms with Crippen LogP contribution in [0.3, 0.4) is 0 Å². The van der Waals surface area contributed by atoms with Crippen molar-refractivity contribution in [3.05, 3.63) is 42.1 Å². The number of thioether (sulfide) groups is 1. The van der Waals surface area contributed by atoms with Gasteiger partial charge in [0.1, 0.15) is 0 Å². The summed E-state index contributed by atoms with van der Waals surface area (Å²) in [5.41, 5.74) is 2.34. The van der Waals surface area contributed by atoms with Crippen LogP contribution >= 0.6 is 11.8 Å². The Kier molecular flexibility index (Phi) is 4.40. The molecule has 1 heterocycles. The molecule has 0 aliphatic rings. The summed E-state index contributed by atoms with van der Waals surface area (Å²) < 4.78 is 0. The van der Waals surface area contributed by atoms with E-state index in [4.69, 9.17) is 0 Å². The zero-order chi connectivity index (χ0) is 12.1. The van der Waals surface area contributed by atoms with Crippen LogP contribution in [0.15, 0.2) is 36.5 Å². The van der Waals surface area contributed by atoms with Gasteiger partial charge in [-0.15, -0.1) is 0 Å². The lowest BCUT2D eigenvalue weighted by Gasteiger charge is -2.16. The number of benzene rings is 1. The second-order valence-electron chi connectivity index (χ2n) is 4.08. The largest absolute Gasteiger partial charge is 0.313 e. The highest BCUT2D eigenvalue weighted by molar-refractivity contribution is 7.98. The van der Waals surface area contributed by atoms with Crippen LogP contribution in [-0.4, -0.2) is 24.0 Å². The molecule has 1 N–H and O–H groups in total. The van der Waals surface area contributed by atoms with Crippen molar-refractivity contribution in [3.63, 3.8) is 0 Å². The highest BCUT2D eigenvalue weighted by atomic mass is 32.2. The third-order valence-electron chi connectivity index (χ3n) is 2.97. The minimum absolute atomic E-state index is 0.402. The molecule has 1 aromatic heterocycles. The van der Waals surface area contributed by atoms with E-state index in [0.717, 1.165) is 11.9 Å². The Morgan fingerprint density at radius 1 is 1.35 bits per heavy atom. The lowest BCUT2D eigenvalue weighted by Crippen LogP contribution is -2.17. The molecule has 1 aromatic carbocycles. The number of rotatable bonds is 5. The molecule has 17 heavy (non-hydrogen) atoms. The molecule has 0 aliphatic carbocycles. The Labute approximate surface area is 107 Å². The standard InChI is InChI=1S/C14H18N2S/c1-15-13(7-8-17-2)12-9-11-5-3-4-6-14(11)16-10-12/h3-6,9-10,13,15H,7-8H2,1-2H3. The fourth-order valence-corrected chi connectivity index (χ4v) is 2.46. The van der Waals surface area contributed by atoms with Gasteiger partial charge in [0.05, 0.1) is 5.52 Å². The molecule has 0 fully saturated rings. The number of hydrogen-bond acceptors (Lipinski definition) is 3. The van der Waals surface area contributed by atoms with E-state index < -0.39 is 0 Å². The first-order chi connectivity index (χ1) is 8.35. The van der Waals surface area contributed by atoms with Gasteiger partial charge in [-0.3, -0.25) is 4.98 Å². The lowest BCUT2D eigenvalue weighted by molar-refractivity contribution is 0.580. The highest BCUT2D eigenvalue weighted by Crippen LogP contribution is 2.21. The molecule has 0 saturated carbocycles. The van der Waals surface area contributed by atoms with E-state index >= 15 is 0 Å². The summed E-state index contributed by atoms with van der Waals surface area (Å²) in [4.78, 5) is 4.51. The van der Waals surface area contributed by atoms with Crippen LogP contribution in [0.1, 0.15) is 18.0 Å². The van der Waals surface area contributed by atoms with Crippen molar-refractivity contribution in [2.45, 2.75) is 12.5 Å². The van der Waals surface area contributed by atoms with Gasteiger partial charge >= 0.3 is 0 Å². The third kappa shape index (κ3) is 2.99. The third-order valence-corrected chi connectivity index (χ3v) is 3.62. The molecule has 1 unspecified atom stereocenters. The Bertz CT molecular complexity index is 484. The first-order valence-electron chi connectivity index (χ1n) is 5.86. The van der Waals surface area contributed by atoms with Gasteiger partial charge in [0.25, 0.3) is 0 Å². The van der Waals surface area contributed by atoms with E-state index in [1.165, 1.54) is 16.7 Å². The monoisotopic (exact) mass is 246 g/mol. The van der Waals surface area contributed by atoms with Crippen molar-refractivity contribution < 1.29 is 0 Å². The van der Waals surface area contributed by atoms with Crippen LogP contribution < -0.4 is 5.32 Å². The van der Waals surface area contributed by atoms with Gasteiger partial charge in [-0.25, -0.2) is 0 Å². The van der Waals surface area contributed by atoms with Gasteiger partial charge in [0.2, 0.25) is 0 Å². The quantitative estimate of drug-likeness (QED) is 0.876. The summed E-state index contributed by atoms with van der Waals surface area (Å²) in [7, 11) is 2.01. The van der Waals surface area contributed by atoms with Crippen molar-refractivity contribution in [2.75, 3.05) is 19.1 Å². The normalized spacial score (nSPS) is 12.8. The van der Waals surface area contributed by atoms with Crippen molar-refractivity contribution in [3.8, 4) is 0 Å². The predicted octanol–water partition coefficient (Wildman–Crippen LogP) is 3.25. The van der Waals surface area contributed by atoms with E-state index in [1.807, 2.05) is 31.1 Å². The number of fused-ring (bicyclic) bond motifs is 1. The predicted molar refractivity (Wildman–Crippen MR) is 76.5 cm³/mol. The molecular formula is C14H18N2S. The Hall–Kier alpha value is -1.06. The molecule has 0 aliphatic heterocycles. The topological polar surface area (TPSA) is 24.9 Å². The Morgan fingerprint density at radius 2 is 2.18 bits per heavy atom. The molecule has 2 nitrogen and oxygen atoms in total. The molecule has 0 saturated heterocycles. The molecule has 2 rings (SSSR count). The van der Waals surface area contributed by atoms with Crippen molar-refractivity contribution in [1.82, 2.24) is 10.3 Å². The summed E-state index contributed by atoms with van der Waals surface area (Å²) in [5.74, 6) is 1.17. The number of nitrogens with zero attached hydrogens (tertiary/aromatic N) is 1. The summed E-state index contributed by atoms with van der Waals surface area (Å²) in [6, 6.07) is 10.9. The van der Waals surface area contributed by atoms with Crippen molar-refractivity contribution >= 4 is 22.7 Å². The fourth-order valence-electron chi connectivity index (χ4n) is 1.99. The minimum atomic E-state index is 0.402. The van der Waals surface area contributed by atoms with Gasteiger partial charge in [0.15, 0.2) is 0 Å². The number of nitrogens with one attached hydrogen (secondary N) is 1. The lowest BCUT2D eigenvalue weighted by atomic mass is 10.0. The van der Waals surface area contributed by atoms with Crippen molar-refractivity contribution in [1.29, 1.82) is 0 Å². The van der Waals surface area contributed by atoms with Crippen LogP contribution in [0.25, 0.3) is 10.9 Å². The molecule has 0 radical (unpaired) electrons. The molecule has 0 amide bonds. The maximum atomic E-state index is 4.51. The molecule has 0 bridgehead atoms. The van der Waals surface area contributed by atoms with Gasteiger partial charge < -0.3 is 5.32 Å². The van der Waals surface area contributed by atoms with Crippen LogP contribution in [-0.2, 0) is 0 Å². The van der Waals surface area contributed by atoms with E-state index in [2.05, 4.69) is 40.8 Å². The van der Waals surface area contributed by atoms with Gasteiger partial charge in [-0.05, 0) is 43.2 Å². The molecule has 90 valence electrons. The second kappa shape index (κ2) is 6.03. The average molecular weight is 246 g/mol. The maximum Gasteiger partial charge on any atom is 0.0702 e. The van der Waals surface area contributed by atoms with E-state index in [1.54, 1.807) is 0 Å². The SMILES string of the molecule is CNC(CCSC)c1cnc2ccccc2c1. The number of pyridine rings is 1. The zero-order valence-electron chi connectivity index (χ0n) is 10.3. The number of para-hydroxylation sites is 1.